The topological polar surface area (TPSA) is 62.6 Å². The second-order valence-electron chi connectivity index (χ2n) is 6.87. The van der Waals surface area contributed by atoms with E-state index in [1.54, 1.807) is 13.0 Å². The average molecular weight is 414 g/mol. The summed E-state index contributed by atoms with van der Waals surface area (Å²) in [7, 11) is 0. The number of hydrogen-bond acceptors (Lipinski definition) is 4. The van der Waals surface area contributed by atoms with Crippen LogP contribution in [-0.4, -0.2) is 51.1 Å². The third-order valence-electron chi connectivity index (χ3n) is 5.29. The van der Waals surface area contributed by atoms with Gasteiger partial charge in [-0.05, 0) is 50.6 Å². The molecule has 29 heavy (non-hydrogen) atoms. The van der Waals surface area contributed by atoms with Crippen LogP contribution in [0.1, 0.15) is 38.8 Å². The minimum Gasteiger partial charge on any atom is -0.342 e. The molecule has 1 aliphatic heterocycles. The molecule has 6 nitrogen and oxygen atoms in total. The number of likely N-dealkylation sites (N-methyl/N-ethyl adjacent to an activating group) is 2. The molecular weight excluding hydrogens is 386 g/mol. The molecular formula is C22H27N3O3S. The molecule has 0 bridgehead atoms. The third-order valence-corrected chi connectivity index (χ3v) is 6.20. The lowest BCUT2D eigenvalue weighted by atomic mass is 10.1. The summed E-state index contributed by atoms with van der Waals surface area (Å²) in [5.74, 6) is -0.190. The standard InChI is InChI=1S/C22H27N3O3S/c1-5-15-10-9-11-17-16(12-18-21(27)25(8-4)22(28)29-18)13-24(20(15)17)14-19(26)23(6-2)7-3/h9-13H,5-8,14H2,1-4H3/b18-12-. The van der Waals surface area contributed by atoms with Gasteiger partial charge in [0.15, 0.2) is 0 Å². The van der Waals surface area contributed by atoms with Gasteiger partial charge in [-0.2, -0.15) is 0 Å². The van der Waals surface area contributed by atoms with E-state index in [0.717, 1.165) is 40.2 Å². The van der Waals surface area contributed by atoms with Crippen molar-refractivity contribution in [2.24, 2.45) is 0 Å². The summed E-state index contributed by atoms with van der Waals surface area (Å²) in [6.45, 7) is 9.78. The molecule has 3 rings (SSSR count). The minimum atomic E-state index is -0.255. The molecule has 7 heteroatoms. The van der Waals surface area contributed by atoms with Gasteiger partial charge in [0.1, 0.15) is 6.54 Å². The van der Waals surface area contributed by atoms with Crippen LogP contribution in [0.2, 0.25) is 0 Å². The molecule has 0 unspecified atom stereocenters. The molecule has 0 saturated carbocycles. The molecule has 0 spiro atoms. The largest absolute Gasteiger partial charge is 0.342 e. The maximum absolute atomic E-state index is 12.7. The molecule has 154 valence electrons. The van der Waals surface area contributed by atoms with Crippen LogP contribution in [0.3, 0.4) is 0 Å². The van der Waals surface area contributed by atoms with E-state index in [9.17, 15) is 14.4 Å². The lowest BCUT2D eigenvalue weighted by Crippen LogP contribution is -2.33. The number of carbonyl (C=O) groups excluding carboxylic acids is 3. The van der Waals surface area contributed by atoms with E-state index in [4.69, 9.17) is 0 Å². The number of carbonyl (C=O) groups is 3. The zero-order valence-corrected chi connectivity index (χ0v) is 18.2. The highest BCUT2D eigenvalue weighted by Gasteiger charge is 2.34. The maximum atomic E-state index is 12.7. The van der Waals surface area contributed by atoms with E-state index in [0.29, 0.717) is 24.5 Å². The van der Waals surface area contributed by atoms with Crippen LogP contribution >= 0.6 is 11.8 Å². The number of rotatable bonds is 7. The Hall–Kier alpha value is -2.54. The van der Waals surface area contributed by atoms with Crippen molar-refractivity contribution < 1.29 is 14.4 Å². The van der Waals surface area contributed by atoms with Crippen LogP contribution < -0.4 is 0 Å². The van der Waals surface area contributed by atoms with Crippen LogP contribution in [-0.2, 0) is 22.6 Å². The van der Waals surface area contributed by atoms with Crippen molar-refractivity contribution in [3.8, 4) is 0 Å². The highest BCUT2D eigenvalue weighted by atomic mass is 32.2. The molecule has 0 aliphatic carbocycles. The zero-order valence-electron chi connectivity index (χ0n) is 17.4. The van der Waals surface area contributed by atoms with Crippen molar-refractivity contribution in [2.45, 2.75) is 40.7 Å². The molecule has 1 aromatic carbocycles. The van der Waals surface area contributed by atoms with Crippen molar-refractivity contribution >= 4 is 45.8 Å². The Morgan fingerprint density at radius 3 is 2.45 bits per heavy atom. The molecule has 0 N–H and O–H groups in total. The number of fused-ring (bicyclic) bond motifs is 1. The monoisotopic (exact) mass is 413 g/mol. The predicted octanol–water partition coefficient (Wildman–Crippen LogP) is 4.13. The molecule has 1 aliphatic rings. The first-order valence-electron chi connectivity index (χ1n) is 10.1. The average Bonchev–Trinajstić information content (AvgIpc) is 3.19. The highest BCUT2D eigenvalue weighted by molar-refractivity contribution is 8.18. The molecule has 1 aromatic heterocycles. The van der Waals surface area contributed by atoms with Crippen molar-refractivity contribution in [3.63, 3.8) is 0 Å². The minimum absolute atomic E-state index is 0.0654. The molecule has 2 aromatic rings. The molecule has 3 amide bonds. The SMILES string of the molecule is CCc1cccc2c(/C=C3\SC(=O)N(CC)C3=O)cn(CC(=O)N(CC)CC)c12. The number of benzene rings is 1. The van der Waals surface area contributed by atoms with Gasteiger partial charge in [0.05, 0.1) is 10.4 Å². The molecule has 0 radical (unpaired) electrons. The van der Waals surface area contributed by atoms with Crippen LogP contribution in [0.4, 0.5) is 4.79 Å². The summed E-state index contributed by atoms with van der Waals surface area (Å²) in [6, 6.07) is 6.06. The number of para-hydroxylation sites is 1. The van der Waals surface area contributed by atoms with Crippen molar-refractivity contribution in [1.29, 1.82) is 0 Å². The maximum Gasteiger partial charge on any atom is 0.293 e. The third kappa shape index (κ3) is 3.96. The number of nitrogens with zero attached hydrogens (tertiary/aromatic N) is 3. The Morgan fingerprint density at radius 1 is 1.14 bits per heavy atom. The summed E-state index contributed by atoms with van der Waals surface area (Å²) in [6.07, 6.45) is 4.54. The Balaban J connectivity index is 2.08. The fourth-order valence-electron chi connectivity index (χ4n) is 3.73. The fraction of sp³-hybridized carbons (Fsp3) is 0.409. The van der Waals surface area contributed by atoms with Gasteiger partial charge >= 0.3 is 0 Å². The second kappa shape index (κ2) is 8.86. The summed E-state index contributed by atoms with van der Waals surface area (Å²) < 4.78 is 1.98. The highest BCUT2D eigenvalue weighted by Crippen LogP contribution is 2.34. The van der Waals surface area contributed by atoms with Crippen LogP contribution in [0, 0.1) is 0 Å². The predicted molar refractivity (Wildman–Crippen MR) is 118 cm³/mol. The van der Waals surface area contributed by atoms with Crippen molar-refractivity contribution in [1.82, 2.24) is 14.4 Å². The second-order valence-corrected chi connectivity index (χ2v) is 7.86. The molecule has 1 saturated heterocycles. The van der Waals surface area contributed by atoms with E-state index >= 15 is 0 Å². The number of thioether (sulfide) groups is 1. The quantitative estimate of drug-likeness (QED) is 0.641. The normalized spacial score (nSPS) is 15.7. The number of hydrogen-bond donors (Lipinski definition) is 0. The molecule has 1 fully saturated rings. The first-order valence-corrected chi connectivity index (χ1v) is 10.9. The Bertz CT molecular complexity index is 989. The Labute approximate surface area is 175 Å². The van der Waals surface area contributed by atoms with Crippen molar-refractivity contribution in [3.05, 3.63) is 40.4 Å². The number of imide groups is 1. The summed E-state index contributed by atoms with van der Waals surface area (Å²) in [5.41, 5.74) is 3.01. The van der Waals surface area contributed by atoms with Crippen LogP contribution in [0.5, 0.6) is 0 Å². The van der Waals surface area contributed by atoms with E-state index in [1.165, 1.54) is 4.90 Å². The van der Waals surface area contributed by atoms with Gasteiger partial charge < -0.3 is 9.47 Å². The van der Waals surface area contributed by atoms with Gasteiger partial charge in [0, 0.05) is 36.8 Å². The van der Waals surface area contributed by atoms with Gasteiger partial charge in [-0.1, -0.05) is 25.1 Å². The smallest absolute Gasteiger partial charge is 0.293 e. The number of aryl methyl sites for hydroxylation is 1. The number of amides is 3. The Morgan fingerprint density at radius 2 is 1.86 bits per heavy atom. The van der Waals surface area contributed by atoms with Gasteiger partial charge in [-0.15, -0.1) is 0 Å². The lowest BCUT2D eigenvalue weighted by Gasteiger charge is -2.19. The van der Waals surface area contributed by atoms with Crippen LogP contribution in [0.15, 0.2) is 29.3 Å². The number of aromatic nitrogens is 1. The van der Waals surface area contributed by atoms with Crippen LogP contribution in [0.25, 0.3) is 17.0 Å². The van der Waals surface area contributed by atoms with Gasteiger partial charge in [0.2, 0.25) is 5.91 Å². The Kier molecular flexibility index (Phi) is 6.47. The summed E-state index contributed by atoms with van der Waals surface area (Å²) in [4.78, 5) is 40.8. The van der Waals surface area contributed by atoms with Gasteiger partial charge in [-0.3, -0.25) is 19.3 Å². The van der Waals surface area contributed by atoms with Gasteiger partial charge in [-0.25, -0.2) is 0 Å². The zero-order chi connectivity index (χ0) is 21.1. The van der Waals surface area contributed by atoms with E-state index < -0.39 is 0 Å². The summed E-state index contributed by atoms with van der Waals surface area (Å²) >= 11 is 0.969. The van der Waals surface area contributed by atoms with E-state index in [-0.39, 0.29) is 23.6 Å². The van der Waals surface area contributed by atoms with E-state index in [2.05, 4.69) is 13.0 Å². The van der Waals surface area contributed by atoms with Crippen molar-refractivity contribution in [2.75, 3.05) is 19.6 Å². The summed E-state index contributed by atoms with van der Waals surface area (Å²) in [5, 5.41) is 0.749. The van der Waals surface area contributed by atoms with E-state index in [1.807, 2.05) is 41.6 Å². The fourth-order valence-corrected chi connectivity index (χ4v) is 4.62. The van der Waals surface area contributed by atoms with Gasteiger partial charge in [0.25, 0.3) is 11.1 Å². The molecule has 0 atom stereocenters. The lowest BCUT2D eigenvalue weighted by molar-refractivity contribution is -0.131. The first kappa shape index (κ1) is 21.2. The first-order chi connectivity index (χ1) is 13.9. The molecule has 2 heterocycles.